The van der Waals surface area contributed by atoms with E-state index in [1.165, 1.54) is 24.0 Å². The van der Waals surface area contributed by atoms with E-state index in [4.69, 9.17) is 9.47 Å². The molecule has 0 amide bonds. The van der Waals surface area contributed by atoms with Crippen LogP contribution in [0.15, 0.2) is 10.5 Å². The molecular weight excluding hydrogens is 306 g/mol. The van der Waals surface area contributed by atoms with Gasteiger partial charge in [0, 0.05) is 5.56 Å². The average Bonchev–Trinajstić information content (AvgIpc) is 2.42. The van der Waals surface area contributed by atoms with Gasteiger partial charge in [-0.15, -0.1) is 0 Å². The normalized spacial score (nSPS) is 19.3. The van der Waals surface area contributed by atoms with Crippen LogP contribution >= 0.6 is 15.9 Å². The van der Waals surface area contributed by atoms with Gasteiger partial charge in [-0.25, -0.2) is 0 Å². The molecule has 0 bridgehead atoms. The van der Waals surface area contributed by atoms with Crippen LogP contribution in [0.1, 0.15) is 24.0 Å². The lowest BCUT2D eigenvalue weighted by atomic mass is 9.90. The van der Waals surface area contributed by atoms with E-state index in [0.29, 0.717) is 5.92 Å². The van der Waals surface area contributed by atoms with Crippen molar-refractivity contribution in [3.05, 3.63) is 21.7 Å². The van der Waals surface area contributed by atoms with E-state index in [9.17, 15) is 0 Å². The largest absolute Gasteiger partial charge is 0.493 e. The van der Waals surface area contributed by atoms with E-state index >= 15 is 0 Å². The number of halogens is 1. The predicted octanol–water partition coefficient (Wildman–Crippen LogP) is 3.32. The molecule has 0 saturated carbocycles. The zero-order valence-electron chi connectivity index (χ0n) is 11.9. The van der Waals surface area contributed by atoms with Crippen molar-refractivity contribution in [2.75, 3.05) is 27.3 Å². The minimum atomic E-state index is 0.687. The first-order valence-electron chi connectivity index (χ1n) is 6.78. The number of hydrogen-bond donors (Lipinski definition) is 1. The third-order valence-electron chi connectivity index (χ3n) is 3.82. The fraction of sp³-hybridized carbons (Fsp3) is 0.600. The summed E-state index contributed by atoms with van der Waals surface area (Å²) in [6, 6.07) is 2.12. The van der Waals surface area contributed by atoms with Gasteiger partial charge in [0.15, 0.2) is 11.5 Å². The molecule has 19 heavy (non-hydrogen) atoms. The minimum Gasteiger partial charge on any atom is -0.493 e. The molecule has 0 aliphatic carbocycles. The maximum absolute atomic E-state index is 5.60. The summed E-state index contributed by atoms with van der Waals surface area (Å²) in [6.07, 6.45) is 3.60. The fourth-order valence-corrected chi connectivity index (χ4v) is 3.50. The number of benzene rings is 1. The zero-order valence-corrected chi connectivity index (χ0v) is 13.5. The van der Waals surface area contributed by atoms with Crippen molar-refractivity contribution >= 4 is 15.9 Å². The van der Waals surface area contributed by atoms with Gasteiger partial charge in [-0.3, -0.25) is 0 Å². The number of hydrogen-bond acceptors (Lipinski definition) is 3. The smallest absolute Gasteiger partial charge is 0.175 e. The molecule has 0 radical (unpaired) electrons. The quantitative estimate of drug-likeness (QED) is 0.920. The topological polar surface area (TPSA) is 30.5 Å². The average molecular weight is 328 g/mol. The third kappa shape index (κ3) is 3.23. The molecule has 3 nitrogen and oxygen atoms in total. The molecule has 1 saturated heterocycles. The Bertz CT molecular complexity index is 442. The number of rotatable bonds is 4. The lowest BCUT2D eigenvalue weighted by molar-refractivity contribution is 0.338. The van der Waals surface area contributed by atoms with E-state index < -0.39 is 0 Å². The van der Waals surface area contributed by atoms with E-state index in [1.54, 1.807) is 14.2 Å². The molecule has 1 N–H and O–H groups in total. The molecule has 1 aromatic carbocycles. The summed E-state index contributed by atoms with van der Waals surface area (Å²) in [6.45, 7) is 4.38. The molecule has 1 fully saturated rings. The number of methoxy groups -OCH3 is 2. The van der Waals surface area contributed by atoms with Crippen molar-refractivity contribution < 1.29 is 9.47 Å². The van der Waals surface area contributed by atoms with Gasteiger partial charge in [0.05, 0.1) is 18.7 Å². The van der Waals surface area contributed by atoms with Crippen molar-refractivity contribution in [2.45, 2.75) is 26.2 Å². The van der Waals surface area contributed by atoms with Gasteiger partial charge < -0.3 is 14.8 Å². The highest BCUT2D eigenvalue weighted by atomic mass is 79.9. The molecule has 106 valence electrons. The molecule has 4 heteroatoms. The van der Waals surface area contributed by atoms with Crippen LogP contribution in [0.25, 0.3) is 0 Å². The highest BCUT2D eigenvalue weighted by Crippen LogP contribution is 2.41. The molecule has 1 heterocycles. The van der Waals surface area contributed by atoms with Crippen molar-refractivity contribution in [1.82, 2.24) is 5.32 Å². The Morgan fingerprint density at radius 1 is 1.32 bits per heavy atom. The Balaban J connectivity index is 2.32. The van der Waals surface area contributed by atoms with Gasteiger partial charge in [0.1, 0.15) is 0 Å². The van der Waals surface area contributed by atoms with E-state index in [-0.39, 0.29) is 0 Å². The van der Waals surface area contributed by atoms with Gasteiger partial charge in [-0.1, -0.05) is 0 Å². The second kappa shape index (κ2) is 6.62. The Labute approximate surface area is 123 Å². The molecule has 1 unspecified atom stereocenters. The first-order valence-corrected chi connectivity index (χ1v) is 7.57. The standard InChI is InChI=1S/C15H22BrNO2/c1-10-7-13(16)15(19-3)14(18-2)12(10)8-11-5-4-6-17-9-11/h7,11,17H,4-6,8-9H2,1-3H3. The van der Waals surface area contributed by atoms with Gasteiger partial charge in [0.2, 0.25) is 0 Å². The van der Waals surface area contributed by atoms with Crippen LogP contribution in [0, 0.1) is 12.8 Å². The summed E-state index contributed by atoms with van der Waals surface area (Å²) in [7, 11) is 3.40. The summed E-state index contributed by atoms with van der Waals surface area (Å²) in [5.74, 6) is 2.36. The van der Waals surface area contributed by atoms with Gasteiger partial charge >= 0.3 is 0 Å². The number of piperidine rings is 1. The highest BCUT2D eigenvalue weighted by Gasteiger charge is 2.21. The second-order valence-electron chi connectivity index (χ2n) is 5.14. The molecule has 1 aromatic rings. The van der Waals surface area contributed by atoms with E-state index in [2.05, 4.69) is 34.2 Å². The Morgan fingerprint density at radius 2 is 2.05 bits per heavy atom. The lowest BCUT2D eigenvalue weighted by Crippen LogP contribution is -2.31. The van der Waals surface area contributed by atoms with Crippen LogP contribution in [0.2, 0.25) is 0 Å². The zero-order chi connectivity index (χ0) is 13.8. The first-order chi connectivity index (χ1) is 9.17. The fourth-order valence-electron chi connectivity index (χ4n) is 2.81. The van der Waals surface area contributed by atoms with Crippen LogP contribution in [0.3, 0.4) is 0 Å². The number of nitrogens with one attached hydrogen (secondary N) is 1. The summed E-state index contributed by atoms with van der Waals surface area (Å²) >= 11 is 3.54. The van der Waals surface area contributed by atoms with Crippen LogP contribution in [0.4, 0.5) is 0 Å². The maximum atomic E-state index is 5.60. The molecule has 1 atom stereocenters. The molecule has 2 rings (SSSR count). The molecule has 0 aromatic heterocycles. The molecular formula is C15H22BrNO2. The van der Waals surface area contributed by atoms with Crippen LogP contribution in [-0.2, 0) is 6.42 Å². The summed E-state index contributed by atoms with van der Waals surface area (Å²) in [4.78, 5) is 0. The van der Waals surface area contributed by atoms with Crippen molar-refractivity contribution in [1.29, 1.82) is 0 Å². The van der Waals surface area contributed by atoms with Crippen molar-refractivity contribution in [3.8, 4) is 11.5 Å². The van der Waals surface area contributed by atoms with Crippen LogP contribution in [-0.4, -0.2) is 27.3 Å². The van der Waals surface area contributed by atoms with Gasteiger partial charge in [-0.2, -0.15) is 0 Å². The molecule has 1 aliphatic rings. The van der Waals surface area contributed by atoms with E-state index in [0.717, 1.165) is 35.5 Å². The molecule has 0 spiro atoms. The predicted molar refractivity (Wildman–Crippen MR) is 81.3 cm³/mol. The SMILES string of the molecule is COc1c(Br)cc(C)c(CC2CCCNC2)c1OC. The maximum Gasteiger partial charge on any atom is 0.175 e. The Kier molecular flexibility index (Phi) is 5.11. The first kappa shape index (κ1) is 14.7. The van der Waals surface area contributed by atoms with Crippen LogP contribution in [0.5, 0.6) is 11.5 Å². The Morgan fingerprint density at radius 3 is 2.63 bits per heavy atom. The summed E-state index contributed by atoms with van der Waals surface area (Å²) in [5, 5.41) is 3.47. The van der Waals surface area contributed by atoms with Crippen LogP contribution < -0.4 is 14.8 Å². The van der Waals surface area contributed by atoms with Crippen molar-refractivity contribution in [3.63, 3.8) is 0 Å². The second-order valence-corrected chi connectivity index (χ2v) is 5.99. The van der Waals surface area contributed by atoms with Gasteiger partial charge in [0.25, 0.3) is 0 Å². The highest BCUT2D eigenvalue weighted by molar-refractivity contribution is 9.10. The number of ether oxygens (including phenoxy) is 2. The third-order valence-corrected chi connectivity index (χ3v) is 4.41. The van der Waals surface area contributed by atoms with Crippen molar-refractivity contribution in [2.24, 2.45) is 5.92 Å². The minimum absolute atomic E-state index is 0.687. The van der Waals surface area contributed by atoms with E-state index in [1.807, 2.05) is 0 Å². The summed E-state index contributed by atoms with van der Waals surface area (Å²) < 4.78 is 12.0. The summed E-state index contributed by atoms with van der Waals surface area (Å²) in [5.41, 5.74) is 2.53. The monoisotopic (exact) mass is 327 g/mol. The molecule has 1 aliphatic heterocycles. The number of aryl methyl sites for hydroxylation is 1. The van der Waals surface area contributed by atoms with Gasteiger partial charge in [-0.05, 0) is 72.8 Å². The lowest BCUT2D eigenvalue weighted by Gasteiger charge is -2.25. The Hall–Kier alpha value is -0.740.